The maximum absolute atomic E-state index is 12.2. The number of hydrogen-bond donors (Lipinski definition) is 2. The molecule has 20 heavy (non-hydrogen) atoms. The number of hydrogen-bond acceptors (Lipinski definition) is 4. The van der Waals surface area contributed by atoms with Crippen LogP contribution in [-0.4, -0.2) is 17.1 Å². The number of rotatable bonds is 2. The molecular formula is C14H12N2O3S. The molecule has 0 fully saturated rings. The summed E-state index contributed by atoms with van der Waals surface area (Å²) in [4.78, 5) is 27.0. The van der Waals surface area contributed by atoms with Crippen LogP contribution >= 0.6 is 11.8 Å². The Morgan fingerprint density at radius 2 is 2.15 bits per heavy atom. The number of nitrogens with one attached hydrogen (secondary N) is 1. The summed E-state index contributed by atoms with van der Waals surface area (Å²) in [5, 5.41) is 1.13. The molecule has 0 aliphatic rings. The highest BCUT2D eigenvalue weighted by Gasteiger charge is 2.22. The Labute approximate surface area is 118 Å². The summed E-state index contributed by atoms with van der Waals surface area (Å²) in [6.07, 6.45) is 1.77. The Morgan fingerprint density at radius 3 is 2.80 bits per heavy atom. The molecule has 2 aromatic heterocycles. The van der Waals surface area contributed by atoms with Crippen LogP contribution in [0.1, 0.15) is 16.1 Å². The number of carbonyl (C=O) groups is 1. The molecule has 0 unspecified atom stereocenters. The van der Waals surface area contributed by atoms with Crippen LogP contribution < -0.4 is 11.3 Å². The van der Waals surface area contributed by atoms with E-state index in [4.69, 9.17) is 10.2 Å². The molecule has 3 rings (SSSR count). The minimum atomic E-state index is -0.676. The quantitative estimate of drug-likeness (QED) is 0.709. The third kappa shape index (κ3) is 1.72. The van der Waals surface area contributed by atoms with E-state index in [0.29, 0.717) is 21.4 Å². The van der Waals surface area contributed by atoms with Gasteiger partial charge in [0, 0.05) is 5.39 Å². The molecule has 0 bridgehead atoms. The predicted molar refractivity (Wildman–Crippen MR) is 79.4 cm³/mol. The normalized spacial score (nSPS) is 11.3. The molecular weight excluding hydrogens is 276 g/mol. The van der Waals surface area contributed by atoms with E-state index in [-0.39, 0.29) is 11.3 Å². The summed E-state index contributed by atoms with van der Waals surface area (Å²) in [5.74, 6) is -0.642. The molecule has 0 radical (unpaired) electrons. The van der Waals surface area contributed by atoms with E-state index in [2.05, 4.69) is 4.98 Å². The fourth-order valence-electron chi connectivity index (χ4n) is 2.31. The second kappa shape index (κ2) is 4.42. The smallest absolute Gasteiger partial charge is 0.285 e. The van der Waals surface area contributed by atoms with Gasteiger partial charge in [0.2, 0.25) is 5.76 Å². The number of aromatic nitrogens is 1. The van der Waals surface area contributed by atoms with Gasteiger partial charge >= 0.3 is 0 Å². The van der Waals surface area contributed by atoms with Crippen molar-refractivity contribution in [2.45, 2.75) is 11.8 Å². The Morgan fingerprint density at radius 1 is 1.40 bits per heavy atom. The van der Waals surface area contributed by atoms with E-state index in [1.54, 1.807) is 6.26 Å². The third-order valence-electron chi connectivity index (χ3n) is 3.19. The second-order valence-electron chi connectivity index (χ2n) is 4.54. The molecule has 1 aromatic carbocycles. The van der Waals surface area contributed by atoms with E-state index in [1.807, 2.05) is 25.1 Å². The fourth-order valence-corrected chi connectivity index (χ4v) is 3.03. The van der Waals surface area contributed by atoms with Gasteiger partial charge in [-0.1, -0.05) is 6.07 Å². The number of nitrogens with two attached hydrogens (primary N) is 1. The molecule has 2 heterocycles. The fraction of sp³-hybridized carbons (Fsp3) is 0.143. The molecule has 0 saturated heterocycles. The third-order valence-corrected chi connectivity index (χ3v) is 3.99. The van der Waals surface area contributed by atoms with Gasteiger partial charge < -0.3 is 15.1 Å². The minimum absolute atomic E-state index is 0.0334. The van der Waals surface area contributed by atoms with Crippen LogP contribution in [0.5, 0.6) is 0 Å². The number of aromatic amines is 1. The first-order chi connectivity index (χ1) is 9.52. The number of thioether (sulfide) groups is 1. The Kier molecular flexibility index (Phi) is 2.83. The van der Waals surface area contributed by atoms with Gasteiger partial charge in [-0.15, -0.1) is 11.8 Å². The first kappa shape index (κ1) is 12.8. The van der Waals surface area contributed by atoms with Crippen molar-refractivity contribution < 1.29 is 9.21 Å². The van der Waals surface area contributed by atoms with Crippen molar-refractivity contribution in [1.29, 1.82) is 0 Å². The van der Waals surface area contributed by atoms with Crippen LogP contribution in [0.2, 0.25) is 0 Å². The van der Waals surface area contributed by atoms with Gasteiger partial charge in [0.05, 0.1) is 10.4 Å². The molecule has 0 atom stereocenters. The monoisotopic (exact) mass is 288 g/mol. The predicted octanol–water partition coefficient (Wildman–Crippen LogP) is 2.40. The molecule has 3 aromatic rings. The van der Waals surface area contributed by atoms with Crippen molar-refractivity contribution in [3.8, 4) is 0 Å². The first-order valence-corrected chi connectivity index (χ1v) is 7.18. The lowest BCUT2D eigenvalue weighted by Crippen LogP contribution is -2.11. The van der Waals surface area contributed by atoms with Crippen LogP contribution in [0.3, 0.4) is 0 Å². The van der Waals surface area contributed by atoms with Gasteiger partial charge in [-0.25, -0.2) is 0 Å². The van der Waals surface area contributed by atoms with Gasteiger partial charge in [-0.05, 0) is 30.9 Å². The first-order valence-electron chi connectivity index (χ1n) is 5.96. The van der Waals surface area contributed by atoms with E-state index in [9.17, 15) is 9.59 Å². The standard InChI is InChI=1S/C14H12N2O3S/c1-6-3-4-7-8(5-6)16-14(18)9-10(7)19-11(13(15)17)12(9)20-2/h3-5H,1-2H3,(H2,15,17)(H,16,18). The molecule has 0 saturated carbocycles. The van der Waals surface area contributed by atoms with Crippen LogP contribution in [-0.2, 0) is 0 Å². The van der Waals surface area contributed by atoms with Gasteiger partial charge in [0.25, 0.3) is 11.5 Å². The summed E-state index contributed by atoms with van der Waals surface area (Å²) in [5.41, 5.74) is 7.15. The summed E-state index contributed by atoms with van der Waals surface area (Å²) >= 11 is 1.27. The Balaban J connectivity index is 2.57. The Bertz CT molecular complexity index is 908. The number of H-pyrrole nitrogens is 1. The van der Waals surface area contributed by atoms with Crippen molar-refractivity contribution in [2.24, 2.45) is 5.73 Å². The summed E-state index contributed by atoms with van der Waals surface area (Å²) in [7, 11) is 0. The lowest BCUT2D eigenvalue weighted by atomic mass is 10.1. The maximum atomic E-state index is 12.2. The number of carbonyl (C=O) groups excluding carboxylic acids is 1. The van der Waals surface area contributed by atoms with Gasteiger partial charge in [0.15, 0.2) is 5.58 Å². The van der Waals surface area contributed by atoms with Crippen molar-refractivity contribution in [2.75, 3.05) is 6.26 Å². The number of pyridine rings is 1. The molecule has 0 aliphatic heterocycles. The van der Waals surface area contributed by atoms with E-state index in [0.717, 1.165) is 10.9 Å². The second-order valence-corrected chi connectivity index (χ2v) is 5.35. The minimum Gasteiger partial charge on any atom is -0.449 e. The van der Waals surface area contributed by atoms with E-state index < -0.39 is 5.91 Å². The zero-order valence-electron chi connectivity index (χ0n) is 10.9. The molecule has 3 N–H and O–H groups in total. The summed E-state index contributed by atoms with van der Waals surface area (Å²) in [6, 6.07) is 5.65. The highest BCUT2D eigenvalue weighted by Crippen LogP contribution is 2.34. The lowest BCUT2D eigenvalue weighted by Gasteiger charge is -2.00. The molecule has 1 amide bonds. The molecule has 5 nitrogen and oxygen atoms in total. The van der Waals surface area contributed by atoms with Crippen LogP contribution in [0.4, 0.5) is 0 Å². The number of benzene rings is 1. The Hall–Kier alpha value is -2.21. The number of fused-ring (bicyclic) bond motifs is 3. The molecule has 6 heteroatoms. The van der Waals surface area contributed by atoms with E-state index in [1.165, 1.54) is 11.8 Å². The molecule has 102 valence electrons. The van der Waals surface area contributed by atoms with Gasteiger partial charge in [-0.2, -0.15) is 0 Å². The number of primary amides is 1. The summed E-state index contributed by atoms with van der Waals surface area (Å²) in [6.45, 7) is 1.94. The highest BCUT2D eigenvalue weighted by molar-refractivity contribution is 7.98. The lowest BCUT2D eigenvalue weighted by molar-refractivity contribution is 0.0972. The van der Waals surface area contributed by atoms with Gasteiger partial charge in [-0.3, -0.25) is 9.59 Å². The zero-order valence-corrected chi connectivity index (χ0v) is 11.8. The average Bonchev–Trinajstić information content (AvgIpc) is 2.78. The van der Waals surface area contributed by atoms with Crippen molar-refractivity contribution in [1.82, 2.24) is 4.98 Å². The topological polar surface area (TPSA) is 89.1 Å². The zero-order chi connectivity index (χ0) is 14.4. The van der Waals surface area contributed by atoms with Gasteiger partial charge in [0.1, 0.15) is 5.39 Å². The number of furan rings is 1. The molecule has 0 aliphatic carbocycles. The van der Waals surface area contributed by atoms with Crippen LogP contribution in [0.25, 0.3) is 21.9 Å². The molecule has 0 spiro atoms. The van der Waals surface area contributed by atoms with Crippen molar-refractivity contribution >= 4 is 39.5 Å². The largest absolute Gasteiger partial charge is 0.449 e. The van der Waals surface area contributed by atoms with Crippen LogP contribution in [0, 0.1) is 6.92 Å². The van der Waals surface area contributed by atoms with Crippen molar-refractivity contribution in [3.63, 3.8) is 0 Å². The maximum Gasteiger partial charge on any atom is 0.285 e. The SMILES string of the molecule is CSc1c(C(N)=O)oc2c1c(=O)[nH]c1cc(C)ccc12. The van der Waals surface area contributed by atoms with Crippen LogP contribution in [0.15, 0.2) is 32.3 Å². The van der Waals surface area contributed by atoms with Crippen molar-refractivity contribution in [3.05, 3.63) is 39.9 Å². The average molecular weight is 288 g/mol. The number of aryl methyl sites for hydroxylation is 1. The number of amides is 1. The highest BCUT2D eigenvalue weighted by atomic mass is 32.2. The van der Waals surface area contributed by atoms with E-state index >= 15 is 0 Å². The summed E-state index contributed by atoms with van der Waals surface area (Å²) < 4.78 is 5.57.